The van der Waals surface area contributed by atoms with Gasteiger partial charge in [-0.1, -0.05) is 0 Å². The van der Waals surface area contributed by atoms with E-state index in [0.29, 0.717) is 19.6 Å². The zero-order valence-electron chi connectivity index (χ0n) is 15.6. The van der Waals surface area contributed by atoms with E-state index >= 15 is 0 Å². The van der Waals surface area contributed by atoms with Crippen molar-refractivity contribution in [2.75, 3.05) is 51.3 Å². The summed E-state index contributed by atoms with van der Waals surface area (Å²) >= 11 is 3.50. The molecular formula is C16H29BrIN5O2S. The molecule has 10 heteroatoms. The monoisotopic (exact) mass is 561 g/mol. The zero-order valence-corrected chi connectivity index (χ0v) is 20.3. The summed E-state index contributed by atoms with van der Waals surface area (Å²) in [5.41, 5.74) is 1.20. The molecule has 0 radical (unpaired) electrons. The van der Waals surface area contributed by atoms with Crippen molar-refractivity contribution >= 4 is 55.7 Å². The van der Waals surface area contributed by atoms with Gasteiger partial charge in [0.1, 0.15) is 0 Å². The van der Waals surface area contributed by atoms with Gasteiger partial charge in [0, 0.05) is 56.6 Å². The third kappa shape index (κ3) is 7.35. The summed E-state index contributed by atoms with van der Waals surface area (Å²) in [7, 11) is 1.23. The van der Waals surface area contributed by atoms with E-state index in [9.17, 15) is 8.42 Å². The lowest BCUT2D eigenvalue weighted by Gasteiger charge is -2.26. The van der Waals surface area contributed by atoms with Crippen LogP contribution in [-0.2, 0) is 23.4 Å². The molecule has 0 aliphatic carbocycles. The van der Waals surface area contributed by atoms with Crippen molar-refractivity contribution in [1.82, 2.24) is 19.7 Å². The predicted molar refractivity (Wildman–Crippen MR) is 121 cm³/mol. The number of hydrogen-bond donors (Lipinski definition) is 1. The average Bonchev–Trinajstić information content (AvgIpc) is 2.85. The Kier molecular flexibility index (Phi) is 9.91. The SMILES string of the molecule is CCNC(=NCCN1CCS(=O)(=O)CC1)N(C)Cc1cc(Br)cn1C.I. The zero-order chi connectivity index (χ0) is 18.4. The molecule has 0 unspecified atom stereocenters. The molecule has 150 valence electrons. The van der Waals surface area contributed by atoms with E-state index in [1.54, 1.807) is 0 Å². The molecule has 2 heterocycles. The molecule has 7 nitrogen and oxygen atoms in total. The molecule has 0 amide bonds. The second-order valence-electron chi connectivity index (χ2n) is 6.35. The van der Waals surface area contributed by atoms with E-state index in [1.165, 1.54) is 5.69 Å². The smallest absolute Gasteiger partial charge is 0.194 e. The number of halogens is 2. The molecule has 1 saturated heterocycles. The highest BCUT2D eigenvalue weighted by atomic mass is 127. The number of nitrogens with one attached hydrogen (secondary N) is 1. The van der Waals surface area contributed by atoms with Crippen molar-refractivity contribution in [3.8, 4) is 0 Å². The lowest BCUT2D eigenvalue weighted by atomic mass is 10.4. The fourth-order valence-electron chi connectivity index (χ4n) is 2.78. The van der Waals surface area contributed by atoms with Crippen LogP contribution in [0.5, 0.6) is 0 Å². The summed E-state index contributed by atoms with van der Waals surface area (Å²) in [6.07, 6.45) is 2.04. The first-order valence-electron chi connectivity index (χ1n) is 8.53. The summed E-state index contributed by atoms with van der Waals surface area (Å²) in [5, 5.41) is 3.32. The Morgan fingerprint density at radius 3 is 2.58 bits per heavy atom. The van der Waals surface area contributed by atoms with Gasteiger partial charge in [-0.2, -0.15) is 0 Å². The third-order valence-electron chi connectivity index (χ3n) is 4.28. The number of guanidine groups is 1. The van der Waals surface area contributed by atoms with Crippen LogP contribution in [0.2, 0.25) is 0 Å². The standard InChI is InChI=1S/C16H28BrN5O2S.HI/c1-4-18-16(21(3)13-15-11-14(17)12-20(15)2)19-5-6-22-7-9-25(23,24)10-8-22;/h11-12H,4-10,13H2,1-3H3,(H,18,19);1H. The molecule has 2 rings (SSSR count). The Hall–Kier alpha value is -0.330. The lowest BCUT2D eigenvalue weighted by Crippen LogP contribution is -2.42. The van der Waals surface area contributed by atoms with Crippen LogP contribution in [0.15, 0.2) is 21.7 Å². The quantitative estimate of drug-likeness (QED) is 0.324. The number of aryl methyl sites for hydroxylation is 1. The normalized spacial score (nSPS) is 17.6. The molecule has 1 aliphatic rings. The molecule has 1 aromatic rings. The number of aliphatic imine (C=N–C) groups is 1. The molecule has 1 aliphatic heterocycles. The predicted octanol–water partition coefficient (Wildman–Crippen LogP) is 1.53. The highest BCUT2D eigenvalue weighted by molar-refractivity contribution is 14.0. The van der Waals surface area contributed by atoms with Gasteiger partial charge in [-0.15, -0.1) is 24.0 Å². The van der Waals surface area contributed by atoms with E-state index in [1.807, 2.05) is 20.3 Å². The van der Waals surface area contributed by atoms with Crippen molar-refractivity contribution in [2.45, 2.75) is 13.5 Å². The first kappa shape index (κ1) is 23.7. The van der Waals surface area contributed by atoms with Gasteiger partial charge in [0.05, 0.1) is 24.6 Å². The maximum absolute atomic E-state index is 11.5. The minimum Gasteiger partial charge on any atom is -0.357 e. The first-order valence-corrected chi connectivity index (χ1v) is 11.1. The third-order valence-corrected chi connectivity index (χ3v) is 6.33. The van der Waals surface area contributed by atoms with E-state index in [2.05, 4.69) is 48.6 Å². The molecule has 1 fully saturated rings. The van der Waals surface area contributed by atoms with Crippen molar-refractivity contribution in [3.05, 3.63) is 22.4 Å². The minimum atomic E-state index is -2.82. The maximum atomic E-state index is 11.5. The number of sulfone groups is 1. The van der Waals surface area contributed by atoms with Crippen molar-refractivity contribution < 1.29 is 8.42 Å². The summed E-state index contributed by atoms with van der Waals surface area (Å²) in [6, 6.07) is 2.11. The van der Waals surface area contributed by atoms with Gasteiger partial charge in [0.15, 0.2) is 15.8 Å². The summed E-state index contributed by atoms with van der Waals surface area (Å²) in [6.45, 7) is 6.29. The van der Waals surface area contributed by atoms with Gasteiger partial charge in [0.25, 0.3) is 0 Å². The van der Waals surface area contributed by atoms with Gasteiger partial charge in [-0.3, -0.25) is 9.89 Å². The van der Waals surface area contributed by atoms with Crippen molar-refractivity contribution in [3.63, 3.8) is 0 Å². The second kappa shape index (κ2) is 10.9. The first-order chi connectivity index (χ1) is 11.8. The molecule has 1 N–H and O–H groups in total. The number of nitrogens with zero attached hydrogens (tertiary/aromatic N) is 4. The van der Waals surface area contributed by atoms with Gasteiger partial charge < -0.3 is 14.8 Å². The average molecular weight is 562 g/mol. The van der Waals surface area contributed by atoms with Crippen LogP contribution in [0.3, 0.4) is 0 Å². The van der Waals surface area contributed by atoms with E-state index in [-0.39, 0.29) is 35.5 Å². The molecular weight excluding hydrogens is 533 g/mol. The molecule has 0 aromatic carbocycles. The summed E-state index contributed by atoms with van der Waals surface area (Å²) in [5.74, 6) is 1.39. The van der Waals surface area contributed by atoms with Crippen LogP contribution in [-0.4, -0.2) is 80.0 Å². The fourth-order valence-corrected chi connectivity index (χ4v) is 4.63. The number of rotatable bonds is 6. The Morgan fingerprint density at radius 2 is 2.04 bits per heavy atom. The largest absolute Gasteiger partial charge is 0.357 e. The summed E-state index contributed by atoms with van der Waals surface area (Å²) < 4.78 is 26.1. The molecule has 0 bridgehead atoms. The van der Waals surface area contributed by atoms with Gasteiger partial charge in [-0.25, -0.2) is 8.42 Å². The van der Waals surface area contributed by atoms with Crippen molar-refractivity contribution in [2.24, 2.45) is 12.0 Å². The topological polar surface area (TPSA) is 69.9 Å². The Balaban J connectivity index is 0.00000338. The van der Waals surface area contributed by atoms with Gasteiger partial charge in [-0.05, 0) is 28.9 Å². The van der Waals surface area contributed by atoms with E-state index < -0.39 is 9.84 Å². The Labute approximate surface area is 182 Å². The fraction of sp³-hybridized carbons (Fsp3) is 0.688. The minimum absolute atomic E-state index is 0. The van der Waals surface area contributed by atoms with Crippen LogP contribution in [0.4, 0.5) is 0 Å². The van der Waals surface area contributed by atoms with Gasteiger partial charge in [0.2, 0.25) is 0 Å². The molecule has 26 heavy (non-hydrogen) atoms. The van der Waals surface area contributed by atoms with Crippen molar-refractivity contribution in [1.29, 1.82) is 0 Å². The summed E-state index contributed by atoms with van der Waals surface area (Å²) in [4.78, 5) is 8.97. The van der Waals surface area contributed by atoms with E-state index in [4.69, 9.17) is 4.99 Å². The molecule has 0 saturated carbocycles. The second-order valence-corrected chi connectivity index (χ2v) is 9.57. The highest BCUT2D eigenvalue weighted by Gasteiger charge is 2.21. The highest BCUT2D eigenvalue weighted by Crippen LogP contribution is 2.15. The molecule has 1 aromatic heterocycles. The lowest BCUT2D eigenvalue weighted by molar-refractivity contribution is 0.303. The maximum Gasteiger partial charge on any atom is 0.194 e. The number of hydrogen-bond acceptors (Lipinski definition) is 4. The molecule has 0 atom stereocenters. The van der Waals surface area contributed by atoms with Gasteiger partial charge >= 0.3 is 0 Å². The van der Waals surface area contributed by atoms with Crippen LogP contribution in [0, 0.1) is 0 Å². The Bertz CT molecular complexity index is 693. The van der Waals surface area contributed by atoms with Crippen LogP contribution < -0.4 is 5.32 Å². The van der Waals surface area contributed by atoms with E-state index in [0.717, 1.165) is 30.1 Å². The molecule has 0 spiro atoms. The van der Waals surface area contributed by atoms with Crippen LogP contribution >= 0.6 is 39.9 Å². The number of aromatic nitrogens is 1. The van der Waals surface area contributed by atoms with Crippen LogP contribution in [0.25, 0.3) is 0 Å². The Morgan fingerprint density at radius 1 is 1.38 bits per heavy atom. The van der Waals surface area contributed by atoms with Crippen LogP contribution in [0.1, 0.15) is 12.6 Å².